The van der Waals surface area contributed by atoms with Gasteiger partial charge in [0.2, 0.25) is 0 Å². The van der Waals surface area contributed by atoms with Crippen molar-refractivity contribution in [2.24, 2.45) is 0 Å². The maximum absolute atomic E-state index is 10.9. The summed E-state index contributed by atoms with van der Waals surface area (Å²) in [6.07, 6.45) is 1.90. The Hall–Kier alpha value is -1.22. The molecule has 0 spiro atoms. The number of methoxy groups -OCH3 is 1. The van der Waals surface area contributed by atoms with Crippen LogP contribution >= 0.6 is 11.6 Å². The minimum atomic E-state index is -0.777. The molecule has 1 saturated carbocycles. The number of hydrogen-bond acceptors (Lipinski definition) is 2. The summed E-state index contributed by atoms with van der Waals surface area (Å²) < 4.78 is 5.19. The van der Waals surface area contributed by atoms with Gasteiger partial charge < -0.3 is 9.84 Å². The van der Waals surface area contributed by atoms with Gasteiger partial charge in [0.1, 0.15) is 5.75 Å². The number of aliphatic carboxylic acids is 1. The number of ether oxygens (including phenoxy) is 1. The predicted octanol–water partition coefficient (Wildman–Crippen LogP) is 3.16. The average Bonchev–Trinajstić information content (AvgIpc) is 2.97. The lowest BCUT2D eigenvalue weighted by Gasteiger charge is -2.19. The van der Waals surface area contributed by atoms with Crippen molar-refractivity contribution in [3.8, 4) is 5.75 Å². The molecular weight excluding hydrogens is 240 g/mol. The molecule has 4 heteroatoms. The molecular formula is C13H15ClO3. The van der Waals surface area contributed by atoms with Gasteiger partial charge in [-0.25, -0.2) is 0 Å². The number of carboxylic acids is 1. The molecule has 2 rings (SSSR count). The molecule has 0 atom stereocenters. The summed E-state index contributed by atoms with van der Waals surface area (Å²) >= 11 is 6.30. The zero-order valence-corrected chi connectivity index (χ0v) is 10.7. The Labute approximate surface area is 105 Å². The zero-order chi connectivity index (χ0) is 12.6. The molecule has 1 aromatic carbocycles. The minimum absolute atomic E-state index is 0.140. The molecule has 0 amide bonds. The van der Waals surface area contributed by atoms with E-state index in [1.54, 1.807) is 7.11 Å². The van der Waals surface area contributed by atoms with Crippen LogP contribution in [0.4, 0.5) is 0 Å². The highest BCUT2D eigenvalue weighted by Crippen LogP contribution is 2.55. The molecule has 92 valence electrons. The van der Waals surface area contributed by atoms with Gasteiger partial charge in [-0.1, -0.05) is 17.7 Å². The molecule has 17 heavy (non-hydrogen) atoms. The fourth-order valence-corrected chi connectivity index (χ4v) is 2.91. The van der Waals surface area contributed by atoms with Crippen LogP contribution in [0.1, 0.15) is 30.4 Å². The highest BCUT2D eigenvalue weighted by Gasteiger charge is 2.48. The van der Waals surface area contributed by atoms with Crippen LogP contribution in [-0.4, -0.2) is 18.2 Å². The van der Waals surface area contributed by atoms with Gasteiger partial charge in [0.25, 0.3) is 0 Å². The largest absolute Gasteiger partial charge is 0.495 e. The summed E-state index contributed by atoms with van der Waals surface area (Å²) in [5, 5.41) is 9.55. The molecule has 1 aliphatic rings. The van der Waals surface area contributed by atoms with Crippen molar-refractivity contribution in [3.63, 3.8) is 0 Å². The Balaban J connectivity index is 2.48. The number of aryl methyl sites for hydroxylation is 1. The summed E-state index contributed by atoms with van der Waals surface area (Å²) in [4.78, 5) is 10.9. The Morgan fingerprint density at radius 1 is 1.53 bits per heavy atom. The standard InChI is InChI=1S/C13H15ClO3/c1-8-3-4-9(17-2)12(14)11(8)13(5-6-13)7-10(15)16/h3-4H,5-7H2,1-2H3,(H,15,16). The van der Waals surface area contributed by atoms with Crippen LogP contribution in [0.25, 0.3) is 0 Å². The van der Waals surface area contributed by atoms with E-state index >= 15 is 0 Å². The highest BCUT2D eigenvalue weighted by molar-refractivity contribution is 6.33. The van der Waals surface area contributed by atoms with Crippen LogP contribution in [0.3, 0.4) is 0 Å². The summed E-state index contributed by atoms with van der Waals surface area (Å²) in [5.41, 5.74) is 1.71. The van der Waals surface area contributed by atoms with E-state index in [1.807, 2.05) is 19.1 Å². The molecule has 0 unspecified atom stereocenters. The number of hydrogen-bond donors (Lipinski definition) is 1. The van der Waals surface area contributed by atoms with Gasteiger partial charge >= 0.3 is 5.97 Å². The lowest BCUT2D eigenvalue weighted by atomic mass is 9.88. The number of benzene rings is 1. The predicted molar refractivity (Wildman–Crippen MR) is 65.9 cm³/mol. The van der Waals surface area contributed by atoms with Gasteiger partial charge in [-0.15, -0.1) is 0 Å². The van der Waals surface area contributed by atoms with E-state index in [2.05, 4.69) is 0 Å². The Kier molecular flexibility index (Phi) is 3.04. The van der Waals surface area contributed by atoms with Crippen LogP contribution < -0.4 is 4.74 Å². The van der Waals surface area contributed by atoms with Crippen LogP contribution in [-0.2, 0) is 10.2 Å². The second kappa shape index (κ2) is 4.22. The second-order valence-electron chi connectivity index (χ2n) is 4.62. The van der Waals surface area contributed by atoms with Gasteiger partial charge in [-0.2, -0.15) is 0 Å². The van der Waals surface area contributed by atoms with E-state index in [9.17, 15) is 4.79 Å². The van der Waals surface area contributed by atoms with E-state index in [0.29, 0.717) is 10.8 Å². The molecule has 1 aliphatic carbocycles. The van der Waals surface area contributed by atoms with Crippen LogP contribution in [0.15, 0.2) is 12.1 Å². The molecule has 0 aromatic heterocycles. The minimum Gasteiger partial charge on any atom is -0.495 e. The molecule has 0 aliphatic heterocycles. The maximum Gasteiger partial charge on any atom is 0.304 e. The van der Waals surface area contributed by atoms with E-state index in [4.69, 9.17) is 21.4 Å². The molecule has 1 aromatic rings. The van der Waals surface area contributed by atoms with Crippen molar-refractivity contribution in [2.45, 2.75) is 31.6 Å². The van der Waals surface area contributed by atoms with Gasteiger partial charge in [0.15, 0.2) is 0 Å². The van der Waals surface area contributed by atoms with Crippen molar-refractivity contribution in [2.75, 3.05) is 7.11 Å². The quantitative estimate of drug-likeness (QED) is 0.898. The second-order valence-corrected chi connectivity index (χ2v) is 5.00. The molecule has 3 nitrogen and oxygen atoms in total. The van der Waals surface area contributed by atoms with Crippen molar-refractivity contribution in [3.05, 3.63) is 28.3 Å². The van der Waals surface area contributed by atoms with E-state index < -0.39 is 5.97 Å². The van der Waals surface area contributed by atoms with Gasteiger partial charge in [0.05, 0.1) is 18.6 Å². The normalized spacial score (nSPS) is 16.6. The third kappa shape index (κ3) is 2.12. The van der Waals surface area contributed by atoms with Crippen molar-refractivity contribution in [1.82, 2.24) is 0 Å². The van der Waals surface area contributed by atoms with Gasteiger partial charge in [-0.3, -0.25) is 4.79 Å². The number of rotatable bonds is 4. The van der Waals surface area contributed by atoms with E-state index in [-0.39, 0.29) is 11.8 Å². The molecule has 1 fully saturated rings. The molecule has 1 N–H and O–H groups in total. The molecule has 0 saturated heterocycles. The first-order chi connectivity index (χ1) is 8.00. The molecule has 0 heterocycles. The van der Waals surface area contributed by atoms with Crippen molar-refractivity contribution >= 4 is 17.6 Å². The lowest BCUT2D eigenvalue weighted by molar-refractivity contribution is -0.137. The summed E-state index contributed by atoms with van der Waals surface area (Å²) in [5.74, 6) is -0.162. The monoisotopic (exact) mass is 254 g/mol. The summed E-state index contributed by atoms with van der Waals surface area (Å²) in [6, 6.07) is 3.75. The molecule has 0 bridgehead atoms. The van der Waals surface area contributed by atoms with Crippen LogP contribution in [0.5, 0.6) is 5.75 Å². The Bertz CT molecular complexity index is 464. The summed E-state index contributed by atoms with van der Waals surface area (Å²) in [6.45, 7) is 1.96. The average molecular weight is 255 g/mol. The first kappa shape index (κ1) is 12.2. The number of carboxylic acid groups (broad SMARTS) is 1. The first-order valence-corrected chi connectivity index (χ1v) is 5.93. The third-order valence-electron chi connectivity index (χ3n) is 3.41. The third-order valence-corrected chi connectivity index (χ3v) is 3.78. The van der Waals surface area contributed by atoms with Crippen LogP contribution in [0, 0.1) is 6.92 Å². The summed E-state index contributed by atoms with van der Waals surface area (Å²) in [7, 11) is 1.57. The van der Waals surface area contributed by atoms with Crippen molar-refractivity contribution < 1.29 is 14.6 Å². The van der Waals surface area contributed by atoms with Gasteiger partial charge in [0, 0.05) is 5.41 Å². The lowest BCUT2D eigenvalue weighted by Crippen LogP contribution is -2.15. The molecule has 0 radical (unpaired) electrons. The fourth-order valence-electron chi connectivity index (χ4n) is 2.42. The first-order valence-electron chi connectivity index (χ1n) is 5.55. The van der Waals surface area contributed by atoms with Crippen LogP contribution in [0.2, 0.25) is 5.02 Å². The topological polar surface area (TPSA) is 46.5 Å². The van der Waals surface area contributed by atoms with E-state index in [1.165, 1.54) is 0 Å². The maximum atomic E-state index is 10.9. The number of halogens is 1. The Morgan fingerprint density at radius 2 is 2.18 bits per heavy atom. The fraction of sp³-hybridized carbons (Fsp3) is 0.462. The number of carbonyl (C=O) groups is 1. The smallest absolute Gasteiger partial charge is 0.304 e. The van der Waals surface area contributed by atoms with Gasteiger partial charge in [-0.05, 0) is 37.0 Å². The zero-order valence-electron chi connectivity index (χ0n) is 9.92. The highest BCUT2D eigenvalue weighted by atomic mass is 35.5. The Morgan fingerprint density at radius 3 is 2.65 bits per heavy atom. The van der Waals surface area contributed by atoms with E-state index in [0.717, 1.165) is 24.0 Å². The van der Waals surface area contributed by atoms with Crippen molar-refractivity contribution in [1.29, 1.82) is 0 Å². The SMILES string of the molecule is COc1ccc(C)c(C2(CC(=O)O)CC2)c1Cl.